The highest BCUT2D eigenvalue weighted by Gasteiger charge is 2.03. The van der Waals surface area contributed by atoms with Crippen LogP contribution in [0.5, 0.6) is 11.6 Å². The number of nitrogens with one attached hydrogen (secondary N) is 1. The molecule has 0 amide bonds. The zero-order valence-electron chi connectivity index (χ0n) is 11.3. The fourth-order valence-electron chi connectivity index (χ4n) is 1.61. The number of hydrogen-bond donors (Lipinski definition) is 1. The summed E-state index contributed by atoms with van der Waals surface area (Å²) >= 11 is 0. The molecule has 0 radical (unpaired) electrons. The van der Waals surface area contributed by atoms with Gasteiger partial charge in [-0.3, -0.25) is 9.67 Å². The lowest BCUT2D eigenvalue weighted by atomic mass is 10.4. The Morgan fingerprint density at radius 3 is 2.79 bits per heavy atom. The van der Waals surface area contributed by atoms with Crippen LogP contribution in [0.2, 0.25) is 0 Å². The second-order valence-corrected chi connectivity index (χ2v) is 4.17. The number of nitrogens with zero attached hydrogens (tertiary/aromatic N) is 4. The minimum absolute atomic E-state index is 0.483. The zero-order chi connectivity index (χ0) is 13.5. The molecule has 102 valence electrons. The highest BCUT2D eigenvalue weighted by Crippen LogP contribution is 2.17. The number of ether oxygens (including phenoxy) is 1. The summed E-state index contributed by atoms with van der Waals surface area (Å²) in [5.74, 6) is 1.17. The molecule has 0 aliphatic heterocycles. The summed E-state index contributed by atoms with van der Waals surface area (Å²) in [6.07, 6.45) is 7.93. The van der Waals surface area contributed by atoms with Gasteiger partial charge in [0.25, 0.3) is 0 Å². The third-order valence-electron chi connectivity index (χ3n) is 2.52. The first-order valence-corrected chi connectivity index (χ1v) is 6.53. The van der Waals surface area contributed by atoms with E-state index in [0.29, 0.717) is 11.6 Å². The smallest absolute Gasteiger partial charge is 0.238 e. The minimum Gasteiger partial charge on any atom is -0.434 e. The summed E-state index contributed by atoms with van der Waals surface area (Å²) in [6, 6.07) is 0. The van der Waals surface area contributed by atoms with E-state index in [9.17, 15) is 0 Å². The van der Waals surface area contributed by atoms with E-state index in [2.05, 4.69) is 34.2 Å². The molecule has 0 spiro atoms. The molecule has 0 aliphatic rings. The lowest BCUT2D eigenvalue weighted by Gasteiger charge is -2.03. The van der Waals surface area contributed by atoms with E-state index in [-0.39, 0.29) is 0 Å². The van der Waals surface area contributed by atoms with Gasteiger partial charge in [0.2, 0.25) is 5.88 Å². The van der Waals surface area contributed by atoms with Crippen LogP contribution in [0.4, 0.5) is 0 Å². The normalized spacial score (nSPS) is 10.6. The molecular formula is C13H19N5O. The first-order valence-electron chi connectivity index (χ1n) is 6.53. The molecule has 19 heavy (non-hydrogen) atoms. The standard InChI is InChI=1S/C13H19N5O/c1-3-5-18-10-12(8-17-18)19-13-9-15-11(7-16-13)6-14-4-2/h7-10,14H,3-6H2,1-2H3. The van der Waals surface area contributed by atoms with Crippen LogP contribution in [0.3, 0.4) is 0 Å². The van der Waals surface area contributed by atoms with E-state index in [0.717, 1.165) is 31.7 Å². The largest absolute Gasteiger partial charge is 0.434 e. The maximum atomic E-state index is 5.59. The van der Waals surface area contributed by atoms with Gasteiger partial charge in [0.15, 0.2) is 5.75 Å². The summed E-state index contributed by atoms with van der Waals surface area (Å²) in [6.45, 7) is 6.68. The van der Waals surface area contributed by atoms with Gasteiger partial charge in [-0.25, -0.2) is 4.98 Å². The summed E-state index contributed by atoms with van der Waals surface area (Å²) < 4.78 is 7.44. The average Bonchev–Trinajstić information content (AvgIpc) is 2.86. The molecule has 2 rings (SSSR count). The first-order chi connectivity index (χ1) is 9.31. The Bertz CT molecular complexity index is 494. The molecule has 6 heteroatoms. The van der Waals surface area contributed by atoms with Crippen molar-refractivity contribution in [3.63, 3.8) is 0 Å². The lowest BCUT2D eigenvalue weighted by Crippen LogP contribution is -2.13. The predicted octanol–water partition coefficient (Wildman–Crippen LogP) is 1.98. The third-order valence-corrected chi connectivity index (χ3v) is 2.52. The zero-order valence-corrected chi connectivity index (χ0v) is 11.3. The highest BCUT2D eigenvalue weighted by atomic mass is 16.5. The van der Waals surface area contributed by atoms with Crippen LogP contribution in [-0.4, -0.2) is 26.3 Å². The van der Waals surface area contributed by atoms with Gasteiger partial charge < -0.3 is 10.1 Å². The molecular weight excluding hydrogens is 242 g/mol. The topological polar surface area (TPSA) is 64.9 Å². The Hall–Kier alpha value is -1.95. The Morgan fingerprint density at radius 1 is 1.21 bits per heavy atom. The van der Waals surface area contributed by atoms with Crippen LogP contribution < -0.4 is 10.1 Å². The molecule has 0 bridgehead atoms. The van der Waals surface area contributed by atoms with Gasteiger partial charge in [-0.05, 0) is 13.0 Å². The number of hydrogen-bond acceptors (Lipinski definition) is 5. The molecule has 0 saturated carbocycles. The number of rotatable bonds is 7. The molecule has 2 aromatic rings. The SMILES string of the molecule is CCCn1cc(Oc2cnc(CNCC)cn2)cn1. The fourth-order valence-corrected chi connectivity index (χ4v) is 1.61. The van der Waals surface area contributed by atoms with E-state index in [1.54, 1.807) is 18.6 Å². The van der Waals surface area contributed by atoms with Gasteiger partial charge in [-0.2, -0.15) is 5.10 Å². The van der Waals surface area contributed by atoms with Gasteiger partial charge in [-0.15, -0.1) is 0 Å². The van der Waals surface area contributed by atoms with Gasteiger partial charge in [0.1, 0.15) is 0 Å². The van der Waals surface area contributed by atoms with Crippen LogP contribution >= 0.6 is 0 Å². The Balaban J connectivity index is 1.94. The van der Waals surface area contributed by atoms with Crippen molar-refractivity contribution in [1.82, 2.24) is 25.1 Å². The lowest BCUT2D eigenvalue weighted by molar-refractivity contribution is 0.457. The molecule has 0 unspecified atom stereocenters. The quantitative estimate of drug-likeness (QED) is 0.825. The third kappa shape index (κ3) is 4.03. The van der Waals surface area contributed by atoms with Crippen molar-refractivity contribution < 1.29 is 4.74 Å². The molecule has 0 atom stereocenters. The fraction of sp³-hybridized carbons (Fsp3) is 0.462. The van der Waals surface area contributed by atoms with E-state index in [4.69, 9.17) is 4.74 Å². The van der Waals surface area contributed by atoms with Crippen molar-refractivity contribution in [3.8, 4) is 11.6 Å². The van der Waals surface area contributed by atoms with E-state index < -0.39 is 0 Å². The van der Waals surface area contributed by atoms with Crippen molar-refractivity contribution in [2.24, 2.45) is 0 Å². The number of aryl methyl sites for hydroxylation is 1. The molecule has 2 aromatic heterocycles. The van der Waals surface area contributed by atoms with Crippen LogP contribution in [0.15, 0.2) is 24.8 Å². The predicted molar refractivity (Wildman–Crippen MR) is 72.0 cm³/mol. The summed E-state index contributed by atoms with van der Waals surface area (Å²) in [5.41, 5.74) is 0.899. The highest BCUT2D eigenvalue weighted by molar-refractivity contribution is 5.19. The van der Waals surface area contributed by atoms with Gasteiger partial charge in [0, 0.05) is 13.1 Å². The molecule has 0 fully saturated rings. The molecule has 0 aromatic carbocycles. The Morgan fingerprint density at radius 2 is 2.11 bits per heavy atom. The first kappa shape index (κ1) is 13.5. The molecule has 1 N–H and O–H groups in total. The summed E-state index contributed by atoms with van der Waals surface area (Å²) in [4.78, 5) is 8.50. The minimum atomic E-state index is 0.483. The molecule has 2 heterocycles. The maximum Gasteiger partial charge on any atom is 0.238 e. The van der Waals surface area contributed by atoms with Gasteiger partial charge in [-0.1, -0.05) is 13.8 Å². The summed E-state index contributed by atoms with van der Waals surface area (Å²) in [7, 11) is 0. The second kappa shape index (κ2) is 6.84. The van der Waals surface area contributed by atoms with Crippen molar-refractivity contribution in [3.05, 3.63) is 30.5 Å². The van der Waals surface area contributed by atoms with Crippen molar-refractivity contribution in [2.45, 2.75) is 33.4 Å². The van der Waals surface area contributed by atoms with Crippen molar-refractivity contribution in [1.29, 1.82) is 0 Å². The maximum absolute atomic E-state index is 5.59. The van der Waals surface area contributed by atoms with Crippen LogP contribution in [0.25, 0.3) is 0 Å². The van der Waals surface area contributed by atoms with E-state index in [1.807, 2.05) is 10.9 Å². The Labute approximate surface area is 112 Å². The average molecular weight is 261 g/mol. The number of aromatic nitrogens is 4. The van der Waals surface area contributed by atoms with E-state index in [1.165, 1.54) is 0 Å². The summed E-state index contributed by atoms with van der Waals surface area (Å²) in [5, 5.41) is 7.39. The van der Waals surface area contributed by atoms with E-state index >= 15 is 0 Å². The Kier molecular flexibility index (Phi) is 4.85. The van der Waals surface area contributed by atoms with Gasteiger partial charge >= 0.3 is 0 Å². The monoisotopic (exact) mass is 261 g/mol. The van der Waals surface area contributed by atoms with Crippen LogP contribution in [0.1, 0.15) is 26.0 Å². The van der Waals surface area contributed by atoms with Crippen LogP contribution in [0, 0.1) is 0 Å². The molecule has 0 saturated heterocycles. The molecule has 0 aliphatic carbocycles. The van der Waals surface area contributed by atoms with Crippen molar-refractivity contribution in [2.75, 3.05) is 6.54 Å². The van der Waals surface area contributed by atoms with Gasteiger partial charge in [0.05, 0.1) is 30.5 Å². The second-order valence-electron chi connectivity index (χ2n) is 4.17. The molecule has 6 nitrogen and oxygen atoms in total. The van der Waals surface area contributed by atoms with Crippen molar-refractivity contribution >= 4 is 0 Å². The van der Waals surface area contributed by atoms with Crippen LogP contribution in [-0.2, 0) is 13.1 Å².